The first-order valence-corrected chi connectivity index (χ1v) is 4.59. The first-order chi connectivity index (χ1) is 5.72. The van der Waals surface area contributed by atoms with Gasteiger partial charge in [0.2, 0.25) is 0 Å². The highest BCUT2D eigenvalue weighted by Gasteiger charge is 2.44. The molecule has 1 N–H and O–H groups in total. The van der Waals surface area contributed by atoms with Gasteiger partial charge < -0.3 is 9.84 Å². The Morgan fingerprint density at radius 3 is 2.75 bits per heavy atom. The van der Waals surface area contributed by atoms with E-state index in [9.17, 15) is 4.79 Å². The standard InChI is InChI=1S/C9H14O3/c10-8(11)7-2-5-12-9(6-7)3-1-4-9/h7H,1-6H2,(H,10,11). The lowest BCUT2D eigenvalue weighted by Crippen LogP contribution is -2.46. The molecule has 0 aromatic carbocycles. The summed E-state index contributed by atoms with van der Waals surface area (Å²) in [4.78, 5) is 10.7. The number of carboxylic acids is 1. The van der Waals surface area contributed by atoms with Crippen molar-refractivity contribution < 1.29 is 14.6 Å². The maximum absolute atomic E-state index is 10.7. The van der Waals surface area contributed by atoms with Crippen LogP contribution in [0, 0.1) is 5.92 Å². The van der Waals surface area contributed by atoms with Crippen molar-refractivity contribution in [1.82, 2.24) is 0 Å². The summed E-state index contributed by atoms with van der Waals surface area (Å²) in [6.45, 7) is 0.636. The summed E-state index contributed by atoms with van der Waals surface area (Å²) >= 11 is 0. The highest BCUT2D eigenvalue weighted by atomic mass is 16.5. The van der Waals surface area contributed by atoms with Crippen LogP contribution >= 0.6 is 0 Å². The topological polar surface area (TPSA) is 46.5 Å². The van der Waals surface area contributed by atoms with Gasteiger partial charge in [0, 0.05) is 6.61 Å². The third-order valence-corrected chi connectivity index (χ3v) is 3.11. The van der Waals surface area contributed by atoms with Crippen LogP contribution in [0.15, 0.2) is 0 Å². The largest absolute Gasteiger partial charge is 0.481 e. The van der Waals surface area contributed by atoms with Crippen LogP contribution in [0.3, 0.4) is 0 Å². The van der Waals surface area contributed by atoms with Crippen LogP contribution in [0.25, 0.3) is 0 Å². The molecule has 2 aliphatic rings. The van der Waals surface area contributed by atoms with Crippen LogP contribution < -0.4 is 0 Å². The molecule has 1 saturated heterocycles. The third-order valence-electron chi connectivity index (χ3n) is 3.11. The fraction of sp³-hybridized carbons (Fsp3) is 0.889. The molecule has 2 rings (SSSR count). The Hall–Kier alpha value is -0.570. The van der Waals surface area contributed by atoms with Crippen molar-refractivity contribution in [2.45, 2.75) is 37.7 Å². The van der Waals surface area contributed by atoms with E-state index in [2.05, 4.69) is 0 Å². The molecule has 1 heterocycles. The average molecular weight is 170 g/mol. The second kappa shape index (κ2) is 2.73. The lowest BCUT2D eigenvalue weighted by Gasteiger charge is -2.46. The summed E-state index contributed by atoms with van der Waals surface area (Å²) in [6.07, 6.45) is 4.76. The predicted molar refractivity (Wildman–Crippen MR) is 42.9 cm³/mol. The predicted octanol–water partition coefficient (Wildman–Crippen LogP) is 1.42. The van der Waals surface area contributed by atoms with Crippen molar-refractivity contribution >= 4 is 5.97 Å². The molecule has 12 heavy (non-hydrogen) atoms. The molecule has 1 spiro atoms. The number of carboxylic acid groups (broad SMARTS) is 1. The zero-order valence-corrected chi connectivity index (χ0v) is 7.08. The Kier molecular flexibility index (Phi) is 1.83. The summed E-state index contributed by atoms with van der Waals surface area (Å²) in [5.74, 6) is -0.802. The van der Waals surface area contributed by atoms with Gasteiger partial charge in [-0.1, -0.05) is 0 Å². The maximum atomic E-state index is 10.7. The minimum absolute atomic E-state index is 0.0265. The molecule has 0 amide bonds. The van der Waals surface area contributed by atoms with Crippen molar-refractivity contribution in [3.63, 3.8) is 0 Å². The van der Waals surface area contributed by atoms with E-state index < -0.39 is 5.97 Å². The molecule has 1 atom stereocenters. The molecule has 0 aromatic rings. The first kappa shape index (κ1) is 8.05. The van der Waals surface area contributed by atoms with E-state index in [1.165, 1.54) is 6.42 Å². The molecule has 2 fully saturated rings. The molecular weight excluding hydrogens is 156 g/mol. The number of ether oxygens (including phenoxy) is 1. The number of rotatable bonds is 1. The molecule has 0 bridgehead atoms. The van der Waals surface area contributed by atoms with Crippen LogP contribution in [0.2, 0.25) is 0 Å². The second-order valence-electron chi connectivity index (χ2n) is 3.91. The van der Waals surface area contributed by atoms with E-state index in [1.807, 2.05) is 0 Å². The lowest BCUT2D eigenvalue weighted by atomic mass is 9.72. The maximum Gasteiger partial charge on any atom is 0.306 e. The summed E-state index contributed by atoms with van der Waals surface area (Å²) in [6, 6.07) is 0. The van der Waals surface area contributed by atoms with Gasteiger partial charge in [0.25, 0.3) is 0 Å². The Labute approximate surface area is 71.7 Å². The SMILES string of the molecule is O=C(O)C1CCOC2(CCC2)C1. The molecule has 1 aliphatic heterocycles. The summed E-state index contributed by atoms with van der Waals surface area (Å²) in [7, 11) is 0. The summed E-state index contributed by atoms with van der Waals surface area (Å²) in [5, 5.41) is 8.83. The average Bonchev–Trinajstić information content (AvgIpc) is 2.02. The van der Waals surface area contributed by atoms with Crippen LogP contribution in [-0.4, -0.2) is 23.3 Å². The van der Waals surface area contributed by atoms with Crippen molar-refractivity contribution in [2.75, 3.05) is 6.61 Å². The first-order valence-electron chi connectivity index (χ1n) is 4.59. The Bertz CT molecular complexity index is 196. The van der Waals surface area contributed by atoms with Gasteiger partial charge in [0.1, 0.15) is 0 Å². The van der Waals surface area contributed by atoms with Gasteiger partial charge >= 0.3 is 5.97 Å². The molecule has 1 aliphatic carbocycles. The van der Waals surface area contributed by atoms with Gasteiger partial charge in [-0.05, 0) is 32.1 Å². The smallest absolute Gasteiger partial charge is 0.306 e. The summed E-state index contributed by atoms with van der Waals surface area (Å²) < 4.78 is 5.62. The molecule has 68 valence electrons. The van der Waals surface area contributed by atoms with Crippen molar-refractivity contribution in [2.24, 2.45) is 5.92 Å². The van der Waals surface area contributed by atoms with Gasteiger partial charge in [0.05, 0.1) is 11.5 Å². The summed E-state index contributed by atoms with van der Waals surface area (Å²) in [5.41, 5.74) is -0.0265. The van der Waals surface area contributed by atoms with Crippen molar-refractivity contribution in [3.8, 4) is 0 Å². The van der Waals surface area contributed by atoms with E-state index >= 15 is 0 Å². The number of aliphatic carboxylic acids is 1. The zero-order valence-electron chi connectivity index (χ0n) is 7.08. The lowest BCUT2D eigenvalue weighted by molar-refractivity contribution is -0.167. The molecule has 3 heteroatoms. The quantitative estimate of drug-likeness (QED) is 0.647. The fourth-order valence-electron chi connectivity index (χ4n) is 2.16. The second-order valence-corrected chi connectivity index (χ2v) is 3.91. The van der Waals surface area contributed by atoms with E-state index in [0.29, 0.717) is 13.0 Å². The van der Waals surface area contributed by atoms with Crippen LogP contribution in [0.1, 0.15) is 32.1 Å². The van der Waals surface area contributed by atoms with Gasteiger partial charge in [-0.25, -0.2) is 0 Å². The molecule has 0 radical (unpaired) electrons. The van der Waals surface area contributed by atoms with E-state index in [-0.39, 0.29) is 11.5 Å². The Balaban J connectivity index is 1.98. The van der Waals surface area contributed by atoms with E-state index in [0.717, 1.165) is 19.3 Å². The van der Waals surface area contributed by atoms with Crippen LogP contribution in [0.5, 0.6) is 0 Å². The Morgan fingerprint density at radius 2 is 2.25 bits per heavy atom. The fourth-order valence-corrected chi connectivity index (χ4v) is 2.16. The van der Waals surface area contributed by atoms with E-state index in [4.69, 9.17) is 9.84 Å². The van der Waals surface area contributed by atoms with E-state index in [1.54, 1.807) is 0 Å². The third kappa shape index (κ3) is 1.22. The number of hydrogen-bond donors (Lipinski definition) is 1. The molecule has 1 unspecified atom stereocenters. The van der Waals surface area contributed by atoms with Gasteiger partial charge in [-0.3, -0.25) is 4.79 Å². The van der Waals surface area contributed by atoms with Gasteiger partial charge in [-0.15, -0.1) is 0 Å². The highest BCUT2D eigenvalue weighted by molar-refractivity contribution is 5.70. The normalized spacial score (nSPS) is 32.8. The number of carbonyl (C=O) groups is 1. The molecule has 0 aromatic heterocycles. The minimum Gasteiger partial charge on any atom is -0.481 e. The minimum atomic E-state index is -0.649. The molecule has 3 nitrogen and oxygen atoms in total. The van der Waals surface area contributed by atoms with Gasteiger partial charge in [0.15, 0.2) is 0 Å². The van der Waals surface area contributed by atoms with Gasteiger partial charge in [-0.2, -0.15) is 0 Å². The van der Waals surface area contributed by atoms with Crippen LogP contribution in [-0.2, 0) is 9.53 Å². The molecular formula is C9H14O3. The van der Waals surface area contributed by atoms with Crippen molar-refractivity contribution in [3.05, 3.63) is 0 Å². The Morgan fingerprint density at radius 1 is 1.50 bits per heavy atom. The highest BCUT2D eigenvalue weighted by Crippen LogP contribution is 2.44. The molecule has 1 saturated carbocycles. The monoisotopic (exact) mass is 170 g/mol. The van der Waals surface area contributed by atoms with Crippen molar-refractivity contribution in [1.29, 1.82) is 0 Å². The number of hydrogen-bond acceptors (Lipinski definition) is 2. The zero-order chi connectivity index (χ0) is 8.60. The van der Waals surface area contributed by atoms with Crippen LogP contribution in [0.4, 0.5) is 0 Å².